The van der Waals surface area contributed by atoms with E-state index in [-0.39, 0.29) is 5.96 Å². The third-order valence-electron chi connectivity index (χ3n) is 2.27. The zero-order chi connectivity index (χ0) is 16.8. The van der Waals surface area contributed by atoms with Crippen LogP contribution >= 0.6 is 11.6 Å². The third-order valence-corrected chi connectivity index (χ3v) is 2.56. The number of carbonyl (C=O) groups is 1. The lowest BCUT2D eigenvalue weighted by molar-refractivity contribution is 0.0293. The average Bonchev–Trinajstić information content (AvgIpc) is 2.32. The zero-order valence-electron chi connectivity index (χ0n) is 13.0. The van der Waals surface area contributed by atoms with Gasteiger partial charge in [0.05, 0.1) is 0 Å². The molecule has 21 heavy (non-hydrogen) atoms. The number of carbonyl (C=O) groups excluding carboxylic acids is 1. The predicted molar refractivity (Wildman–Crippen MR) is 82.8 cm³/mol. The Morgan fingerprint density at radius 1 is 1.33 bits per heavy atom. The SMILES string of the molecule is C=C(F)C(Cl)=NC(=N)N(C)CCN(C)C(=O)OC(C)(C)C. The van der Waals surface area contributed by atoms with Gasteiger partial charge in [0.15, 0.2) is 11.0 Å². The Kier molecular flexibility index (Phi) is 7.35. The van der Waals surface area contributed by atoms with Gasteiger partial charge in [-0.3, -0.25) is 5.41 Å². The molecule has 0 aromatic rings. The van der Waals surface area contributed by atoms with Gasteiger partial charge in [-0.15, -0.1) is 0 Å². The van der Waals surface area contributed by atoms with E-state index in [1.54, 1.807) is 34.9 Å². The minimum atomic E-state index is -0.902. The lowest BCUT2D eigenvalue weighted by Crippen LogP contribution is -2.39. The number of ether oxygens (including phenoxy) is 1. The molecule has 0 fully saturated rings. The molecule has 120 valence electrons. The molecule has 6 nitrogen and oxygen atoms in total. The highest BCUT2D eigenvalue weighted by atomic mass is 35.5. The van der Waals surface area contributed by atoms with Crippen molar-refractivity contribution in [2.75, 3.05) is 27.2 Å². The molecule has 0 saturated heterocycles. The first-order valence-corrected chi connectivity index (χ1v) is 6.64. The molecule has 0 atom stereocenters. The van der Waals surface area contributed by atoms with Crippen LogP contribution in [0.2, 0.25) is 0 Å². The quantitative estimate of drug-likeness (QED) is 0.639. The van der Waals surface area contributed by atoms with E-state index in [4.69, 9.17) is 21.7 Å². The van der Waals surface area contributed by atoms with Crippen LogP contribution in [0.5, 0.6) is 0 Å². The molecule has 0 saturated carbocycles. The Bertz CT molecular complexity index is 446. The van der Waals surface area contributed by atoms with Gasteiger partial charge in [0.1, 0.15) is 5.60 Å². The number of nitrogens with one attached hydrogen (secondary N) is 1. The monoisotopic (exact) mass is 320 g/mol. The standard InChI is InChI=1S/C13H22ClFN4O2/c1-9(15)10(14)17-11(16)18(5)7-8-19(6)12(20)21-13(2,3)4/h16H,1,7-8H2,2-6H3. The summed E-state index contributed by atoms with van der Waals surface area (Å²) in [7, 11) is 3.17. The summed E-state index contributed by atoms with van der Waals surface area (Å²) in [6.07, 6.45) is -0.457. The summed E-state index contributed by atoms with van der Waals surface area (Å²) in [5.41, 5.74) is -0.566. The summed E-state index contributed by atoms with van der Waals surface area (Å²) in [4.78, 5) is 18.1. The van der Waals surface area contributed by atoms with E-state index in [0.29, 0.717) is 13.1 Å². The normalized spacial score (nSPS) is 11.9. The highest BCUT2D eigenvalue weighted by Crippen LogP contribution is 2.09. The molecule has 0 spiro atoms. The molecule has 0 radical (unpaired) electrons. The van der Waals surface area contributed by atoms with Crippen LogP contribution in [0.1, 0.15) is 20.8 Å². The number of nitrogens with zero attached hydrogens (tertiary/aromatic N) is 3. The van der Waals surface area contributed by atoms with E-state index in [1.807, 2.05) is 0 Å². The first kappa shape index (κ1) is 19.4. The highest BCUT2D eigenvalue weighted by molar-refractivity contribution is 6.69. The molecule has 0 aromatic carbocycles. The summed E-state index contributed by atoms with van der Waals surface area (Å²) in [5, 5.41) is 7.16. The van der Waals surface area contributed by atoms with Gasteiger partial charge in [0.2, 0.25) is 5.96 Å². The molecule has 0 aliphatic heterocycles. The minimum Gasteiger partial charge on any atom is -0.444 e. The van der Waals surface area contributed by atoms with Crippen molar-refractivity contribution in [3.05, 3.63) is 12.4 Å². The minimum absolute atomic E-state index is 0.226. The zero-order valence-corrected chi connectivity index (χ0v) is 13.8. The van der Waals surface area contributed by atoms with E-state index >= 15 is 0 Å². The van der Waals surface area contributed by atoms with Crippen molar-refractivity contribution in [3.63, 3.8) is 0 Å². The fourth-order valence-corrected chi connectivity index (χ4v) is 1.16. The molecule has 1 amide bonds. The van der Waals surface area contributed by atoms with Crippen molar-refractivity contribution in [1.82, 2.24) is 9.80 Å². The van der Waals surface area contributed by atoms with Crippen molar-refractivity contribution in [2.45, 2.75) is 26.4 Å². The molecule has 0 aliphatic rings. The molecule has 0 aliphatic carbocycles. The van der Waals surface area contributed by atoms with Gasteiger partial charge in [-0.05, 0) is 20.8 Å². The Balaban J connectivity index is 4.39. The van der Waals surface area contributed by atoms with Gasteiger partial charge in [-0.2, -0.15) is 4.99 Å². The smallest absolute Gasteiger partial charge is 0.410 e. The number of halogens is 2. The Hall–Kier alpha value is -1.63. The number of rotatable bonds is 4. The second-order valence-corrected chi connectivity index (χ2v) is 5.81. The predicted octanol–water partition coefficient (Wildman–Crippen LogP) is 2.84. The van der Waals surface area contributed by atoms with Gasteiger partial charge < -0.3 is 14.5 Å². The van der Waals surface area contributed by atoms with Crippen molar-refractivity contribution >= 4 is 28.8 Å². The Morgan fingerprint density at radius 2 is 1.81 bits per heavy atom. The van der Waals surface area contributed by atoms with Crippen molar-refractivity contribution in [2.24, 2.45) is 4.99 Å². The largest absolute Gasteiger partial charge is 0.444 e. The molecule has 0 bridgehead atoms. The molecular formula is C13H22ClFN4O2. The molecule has 0 aromatic heterocycles. The van der Waals surface area contributed by atoms with Crippen molar-refractivity contribution in [3.8, 4) is 0 Å². The number of aliphatic imine (C=N–C) groups is 1. The van der Waals surface area contributed by atoms with Crippen molar-refractivity contribution < 1.29 is 13.9 Å². The average molecular weight is 321 g/mol. The molecule has 0 rings (SSSR count). The summed E-state index contributed by atoms with van der Waals surface area (Å²) < 4.78 is 17.8. The molecule has 8 heteroatoms. The topological polar surface area (TPSA) is 69.0 Å². The Morgan fingerprint density at radius 3 is 2.24 bits per heavy atom. The summed E-state index contributed by atoms with van der Waals surface area (Å²) in [6.45, 7) is 8.96. The van der Waals surface area contributed by atoms with Crippen LogP contribution in [0.4, 0.5) is 9.18 Å². The molecule has 0 unspecified atom stereocenters. The van der Waals surface area contributed by atoms with Gasteiger partial charge >= 0.3 is 6.09 Å². The molecule has 0 heterocycles. The highest BCUT2D eigenvalue weighted by Gasteiger charge is 2.19. The lowest BCUT2D eigenvalue weighted by atomic mass is 10.2. The molecular weight excluding hydrogens is 299 g/mol. The number of hydrogen-bond donors (Lipinski definition) is 1. The number of amides is 1. The van der Waals surface area contributed by atoms with Crippen LogP contribution < -0.4 is 0 Å². The summed E-state index contributed by atoms with van der Waals surface area (Å²) >= 11 is 5.46. The van der Waals surface area contributed by atoms with Crippen LogP contribution in [0.15, 0.2) is 17.4 Å². The fraction of sp³-hybridized carbons (Fsp3) is 0.615. The lowest BCUT2D eigenvalue weighted by Gasteiger charge is -2.26. The van der Waals surface area contributed by atoms with Crippen LogP contribution in [0, 0.1) is 5.41 Å². The maximum atomic E-state index is 12.7. The summed E-state index contributed by atoms with van der Waals surface area (Å²) in [5.74, 6) is -1.13. The number of allylic oxidation sites excluding steroid dienone is 1. The van der Waals surface area contributed by atoms with E-state index in [0.717, 1.165) is 0 Å². The number of guanidine groups is 1. The number of likely N-dealkylation sites (N-methyl/N-ethyl adjacent to an activating group) is 2. The first-order valence-electron chi connectivity index (χ1n) is 6.27. The summed E-state index contributed by atoms with van der Waals surface area (Å²) in [6, 6.07) is 0. The first-order chi connectivity index (χ1) is 9.44. The maximum absolute atomic E-state index is 12.7. The van der Waals surface area contributed by atoms with Crippen molar-refractivity contribution in [1.29, 1.82) is 5.41 Å². The fourth-order valence-electron chi connectivity index (χ4n) is 1.08. The van der Waals surface area contributed by atoms with E-state index in [9.17, 15) is 9.18 Å². The van der Waals surface area contributed by atoms with Gasteiger partial charge in [0.25, 0.3) is 0 Å². The number of hydrogen-bond acceptors (Lipinski definition) is 3. The second kappa shape index (κ2) is 7.97. The molecule has 1 N–H and O–H groups in total. The Labute approximate surface area is 129 Å². The maximum Gasteiger partial charge on any atom is 0.410 e. The van der Waals surface area contributed by atoms with Crippen LogP contribution in [0.25, 0.3) is 0 Å². The van der Waals surface area contributed by atoms with E-state index < -0.39 is 22.7 Å². The second-order valence-electron chi connectivity index (χ2n) is 5.45. The van der Waals surface area contributed by atoms with E-state index in [1.165, 1.54) is 9.80 Å². The van der Waals surface area contributed by atoms with E-state index in [2.05, 4.69) is 11.6 Å². The van der Waals surface area contributed by atoms with Crippen LogP contribution in [-0.2, 0) is 4.74 Å². The third kappa shape index (κ3) is 8.29. The van der Waals surface area contributed by atoms with Gasteiger partial charge in [-0.1, -0.05) is 18.2 Å². The van der Waals surface area contributed by atoms with Gasteiger partial charge in [-0.25, -0.2) is 9.18 Å². The van der Waals surface area contributed by atoms with Crippen LogP contribution in [0.3, 0.4) is 0 Å². The van der Waals surface area contributed by atoms with Gasteiger partial charge in [0, 0.05) is 27.2 Å². The van der Waals surface area contributed by atoms with Crippen LogP contribution in [-0.4, -0.2) is 59.8 Å².